The molecule has 0 aliphatic carbocycles. The van der Waals surface area contributed by atoms with Crippen molar-refractivity contribution in [3.63, 3.8) is 0 Å². The molecule has 0 rings (SSSR count). The summed E-state index contributed by atoms with van der Waals surface area (Å²) in [6, 6.07) is 0. The molecule has 0 aromatic rings. The van der Waals surface area contributed by atoms with Gasteiger partial charge < -0.3 is 14.4 Å². The van der Waals surface area contributed by atoms with Gasteiger partial charge in [0.15, 0.2) is 0 Å². The van der Waals surface area contributed by atoms with Gasteiger partial charge in [-0.2, -0.15) is 0 Å². The van der Waals surface area contributed by atoms with Crippen molar-refractivity contribution in [3.05, 3.63) is 0 Å². The quantitative estimate of drug-likeness (QED) is 0.546. The predicted molar refractivity (Wildman–Crippen MR) is 59.9 cm³/mol. The van der Waals surface area contributed by atoms with Gasteiger partial charge in [-0.05, 0) is 6.42 Å². The molecule has 1 amide bonds. The number of hydrogen-bond acceptors (Lipinski definition) is 3. The molecule has 0 spiro atoms. The Morgan fingerprint density at radius 1 is 1.07 bits per heavy atom. The van der Waals surface area contributed by atoms with Crippen molar-refractivity contribution < 1.29 is 14.3 Å². The first kappa shape index (κ1) is 14.4. The van der Waals surface area contributed by atoms with Gasteiger partial charge in [0.1, 0.15) is 0 Å². The number of carbonyl (C=O) groups is 1. The summed E-state index contributed by atoms with van der Waals surface area (Å²) in [6.45, 7) is 7.20. The Bertz CT molecular complexity index is 162. The molecule has 90 valence electrons. The normalized spacial score (nSPS) is 10.3. The molecule has 0 saturated carbocycles. The summed E-state index contributed by atoms with van der Waals surface area (Å²) in [5.74, 6) is 0.154. The van der Waals surface area contributed by atoms with Gasteiger partial charge in [0.25, 0.3) is 0 Å². The van der Waals surface area contributed by atoms with E-state index in [0.717, 1.165) is 13.0 Å². The number of rotatable bonds is 9. The zero-order valence-corrected chi connectivity index (χ0v) is 10.1. The van der Waals surface area contributed by atoms with E-state index >= 15 is 0 Å². The average molecular weight is 217 g/mol. The van der Waals surface area contributed by atoms with Gasteiger partial charge in [0.2, 0.25) is 5.91 Å². The molecule has 0 bridgehead atoms. The maximum atomic E-state index is 11.2. The van der Waals surface area contributed by atoms with Crippen molar-refractivity contribution in [1.82, 2.24) is 4.90 Å². The number of nitrogens with zero attached hydrogens (tertiary/aromatic N) is 1. The smallest absolute Gasteiger partial charge is 0.222 e. The Morgan fingerprint density at radius 3 is 2.20 bits per heavy atom. The van der Waals surface area contributed by atoms with Gasteiger partial charge in [-0.25, -0.2) is 0 Å². The third kappa shape index (κ3) is 8.39. The summed E-state index contributed by atoms with van der Waals surface area (Å²) in [5.41, 5.74) is 0. The summed E-state index contributed by atoms with van der Waals surface area (Å²) >= 11 is 0. The van der Waals surface area contributed by atoms with Crippen molar-refractivity contribution in [2.24, 2.45) is 0 Å². The number of amides is 1. The van der Waals surface area contributed by atoms with Crippen LogP contribution >= 0.6 is 0 Å². The van der Waals surface area contributed by atoms with Crippen molar-refractivity contribution in [2.75, 3.05) is 40.0 Å². The van der Waals surface area contributed by atoms with Crippen molar-refractivity contribution >= 4 is 5.91 Å². The van der Waals surface area contributed by atoms with Crippen LogP contribution < -0.4 is 0 Å². The Labute approximate surface area is 92.5 Å². The maximum Gasteiger partial charge on any atom is 0.222 e. The molecule has 0 unspecified atom stereocenters. The zero-order chi connectivity index (χ0) is 11.5. The average Bonchev–Trinajstić information content (AvgIpc) is 2.26. The SMILES string of the molecule is CCCOCCOCCN(C)C(=O)CC. The highest BCUT2D eigenvalue weighted by Crippen LogP contribution is 1.89. The molecule has 15 heavy (non-hydrogen) atoms. The molecule has 0 aliphatic heterocycles. The van der Waals surface area contributed by atoms with Crippen LogP contribution in [0.2, 0.25) is 0 Å². The lowest BCUT2D eigenvalue weighted by atomic mass is 10.4. The van der Waals surface area contributed by atoms with E-state index in [1.807, 2.05) is 6.92 Å². The zero-order valence-electron chi connectivity index (χ0n) is 10.1. The van der Waals surface area contributed by atoms with Crippen LogP contribution in [0, 0.1) is 0 Å². The molecule has 0 fully saturated rings. The highest BCUT2D eigenvalue weighted by Gasteiger charge is 2.04. The van der Waals surface area contributed by atoms with Crippen molar-refractivity contribution in [3.8, 4) is 0 Å². The van der Waals surface area contributed by atoms with Gasteiger partial charge in [0, 0.05) is 26.6 Å². The third-order valence-electron chi connectivity index (χ3n) is 2.02. The monoisotopic (exact) mass is 217 g/mol. The number of hydrogen-bond donors (Lipinski definition) is 0. The van der Waals surface area contributed by atoms with E-state index in [4.69, 9.17) is 9.47 Å². The van der Waals surface area contributed by atoms with Crippen LogP contribution in [-0.2, 0) is 14.3 Å². The first-order valence-electron chi connectivity index (χ1n) is 5.61. The summed E-state index contributed by atoms with van der Waals surface area (Å²) in [5, 5.41) is 0. The Kier molecular flexibility index (Phi) is 9.52. The highest BCUT2D eigenvalue weighted by molar-refractivity contribution is 5.75. The van der Waals surface area contributed by atoms with E-state index in [9.17, 15) is 4.79 Å². The molecule has 0 radical (unpaired) electrons. The van der Waals surface area contributed by atoms with E-state index < -0.39 is 0 Å². The summed E-state index contributed by atoms with van der Waals surface area (Å²) in [7, 11) is 1.79. The van der Waals surface area contributed by atoms with Gasteiger partial charge in [0.05, 0.1) is 19.8 Å². The minimum Gasteiger partial charge on any atom is -0.379 e. The maximum absolute atomic E-state index is 11.2. The fraction of sp³-hybridized carbons (Fsp3) is 0.909. The van der Waals surface area contributed by atoms with Crippen LogP contribution in [0.25, 0.3) is 0 Å². The summed E-state index contributed by atoms with van der Waals surface area (Å²) < 4.78 is 10.6. The molecule has 0 aliphatic rings. The molecule has 0 heterocycles. The molecular weight excluding hydrogens is 194 g/mol. The van der Waals surface area contributed by atoms with Gasteiger partial charge in [-0.3, -0.25) is 4.79 Å². The molecule has 0 atom stereocenters. The number of ether oxygens (including phenoxy) is 2. The molecule has 0 aromatic carbocycles. The van der Waals surface area contributed by atoms with E-state index in [2.05, 4.69) is 6.92 Å². The minimum atomic E-state index is 0.154. The van der Waals surface area contributed by atoms with E-state index in [1.54, 1.807) is 11.9 Å². The molecule has 0 aromatic heterocycles. The Hall–Kier alpha value is -0.610. The third-order valence-corrected chi connectivity index (χ3v) is 2.02. The van der Waals surface area contributed by atoms with E-state index in [1.165, 1.54) is 0 Å². The lowest BCUT2D eigenvalue weighted by molar-refractivity contribution is -0.130. The second kappa shape index (κ2) is 9.93. The fourth-order valence-corrected chi connectivity index (χ4v) is 1.06. The van der Waals surface area contributed by atoms with E-state index in [0.29, 0.717) is 32.8 Å². The molecule has 0 saturated heterocycles. The lowest BCUT2D eigenvalue weighted by Gasteiger charge is -2.15. The van der Waals surface area contributed by atoms with Crippen molar-refractivity contribution in [2.45, 2.75) is 26.7 Å². The van der Waals surface area contributed by atoms with Crippen LogP contribution in [0.15, 0.2) is 0 Å². The summed E-state index contributed by atoms with van der Waals surface area (Å²) in [6.07, 6.45) is 1.59. The standard InChI is InChI=1S/C11H23NO3/c1-4-7-14-9-10-15-8-6-12(3)11(13)5-2/h4-10H2,1-3H3. The molecule has 4 heteroatoms. The number of likely N-dealkylation sites (N-methyl/N-ethyl adjacent to an activating group) is 1. The van der Waals surface area contributed by atoms with Crippen LogP contribution in [0.4, 0.5) is 0 Å². The van der Waals surface area contributed by atoms with Crippen LogP contribution in [0.3, 0.4) is 0 Å². The van der Waals surface area contributed by atoms with Gasteiger partial charge >= 0.3 is 0 Å². The lowest BCUT2D eigenvalue weighted by Crippen LogP contribution is -2.29. The highest BCUT2D eigenvalue weighted by atomic mass is 16.5. The first-order valence-corrected chi connectivity index (χ1v) is 5.61. The van der Waals surface area contributed by atoms with E-state index in [-0.39, 0.29) is 5.91 Å². The molecule has 4 nitrogen and oxygen atoms in total. The Balaban J connectivity index is 3.20. The van der Waals surface area contributed by atoms with Gasteiger partial charge in [-0.1, -0.05) is 13.8 Å². The fourth-order valence-electron chi connectivity index (χ4n) is 1.06. The second-order valence-electron chi connectivity index (χ2n) is 3.39. The number of carbonyl (C=O) groups excluding carboxylic acids is 1. The largest absolute Gasteiger partial charge is 0.379 e. The summed E-state index contributed by atoms with van der Waals surface area (Å²) in [4.78, 5) is 12.8. The molecular formula is C11H23NO3. The minimum absolute atomic E-state index is 0.154. The Morgan fingerprint density at radius 2 is 1.67 bits per heavy atom. The first-order chi connectivity index (χ1) is 7.22. The molecule has 0 N–H and O–H groups in total. The van der Waals surface area contributed by atoms with Crippen LogP contribution in [0.1, 0.15) is 26.7 Å². The predicted octanol–water partition coefficient (Wildman–Crippen LogP) is 1.30. The van der Waals surface area contributed by atoms with Gasteiger partial charge in [-0.15, -0.1) is 0 Å². The topological polar surface area (TPSA) is 38.8 Å². The van der Waals surface area contributed by atoms with Crippen LogP contribution in [-0.4, -0.2) is 50.8 Å². The second-order valence-corrected chi connectivity index (χ2v) is 3.39. The van der Waals surface area contributed by atoms with Crippen LogP contribution in [0.5, 0.6) is 0 Å². The van der Waals surface area contributed by atoms with Crippen molar-refractivity contribution in [1.29, 1.82) is 0 Å².